The molecule has 3 N–H and O–H groups in total. The maximum Gasteiger partial charge on any atom is 0.245 e. The molecule has 4 fully saturated rings. The van der Waals surface area contributed by atoms with Crippen molar-refractivity contribution in [3.8, 4) is 33.5 Å². The number of carbonyl (C=O) groups is 12. The van der Waals surface area contributed by atoms with Crippen molar-refractivity contribution in [3.63, 3.8) is 0 Å². The molecule has 1 aliphatic carbocycles. The Balaban J connectivity index is 0.000000153. The van der Waals surface area contributed by atoms with Gasteiger partial charge in [0.15, 0.2) is 34.7 Å². The van der Waals surface area contributed by atoms with E-state index in [4.69, 9.17) is 14.5 Å². The summed E-state index contributed by atoms with van der Waals surface area (Å²) >= 11 is 10.3. The fraction of sp³-hybridized carbons (Fsp3) is 0.459. The molecule has 19 rings (SSSR count). The lowest BCUT2D eigenvalue weighted by molar-refractivity contribution is -0.139. The zero-order valence-corrected chi connectivity index (χ0v) is 90.1. The molecule has 0 unspecified atom stereocenters. The fourth-order valence-corrected chi connectivity index (χ4v) is 21.8. The molecule has 6 bridgehead atoms. The number of piperidine rings is 1. The van der Waals surface area contributed by atoms with Gasteiger partial charge in [-0.25, -0.2) is 53.6 Å². The monoisotopic (exact) mass is 2230 g/mol. The number of amides is 6. The third kappa shape index (κ3) is 24.8. The minimum atomic E-state index is -2.06. The maximum absolute atomic E-state index is 16.7. The fourth-order valence-electron chi connectivity index (χ4n) is 20.8. The summed E-state index contributed by atoms with van der Waals surface area (Å²) < 4.78 is 51.1. The maximum atomic E-state index is 16.7. The van der Waals surface area contributed by atoms with Crippen LogP contribution < -0.4 is 16.0 Å². The van der Waals surface area contributed by atoms with Crippen molar-refractivity contribution >= 4 is 151 Å². The van der Waals surface area contributed by atoms with Crippen LogP contribution in [-0.2, 0) is 111 Å². The molecule has 6 aliphatic heterocycles. The van der Waals surface area contributed by atoms with E-state index in [0.29, 0.717) is 132 Å². The number of hydrogen-bond donors (Lipinski definition) is 3. The van der Waals surface area contributed by atoms with E-state index in [-0.39, 0.29) is 178 Å². The number of Topliss-reactive ketones (excluding diaryl/α,β-unsaturated/α-hetero) is 6. The summed E-state index contributed by atoms with van der Waals surface area (Å²) in [5, 5.41) is 23.8. The molecule has 0 radical (unpaired) electrons. The van der Waals surface area contributed by atoms with Gasteiger partial charge in [0.25, 0.3) is 0 Å². The van der Waals surface area contributed by atoms with Gasteiger partial charge in [-0.1, -0.05) is 83.7 Å². The van der Waals surface area contributed by atoms with Crippen LogP contribution >= 0.6 is 47.8 Å². The molecule has 784 valence electrons. The molecule has 3 saturated heterocycles. The smallest absolute Gasteiger partial charge is 0.245 e. The van der Waals surface area contributed by atoms with Gasteiger partial charge < -0.3 is 40.1 Å². The van der Waals surface area contributed by atoms with Crippen molar-refractivity contribution in [2.24, 2.45) is 16.2 Å². The number of rotatable bonds is 12. The molecule has 36 nitrogen and oxygen atoms in total. The number of pyridine rings is 4. The number of ether oxygens (including phenoxy) is 2. The number of halogens is 5. The van der Waals surface area contributed by atoms with E-state index in [2.05, 4.69) is 124 Å². The quantitative estimate of drug-likeness (QED) is 0.0755. The minimum absolute atomic E-state index is 0.000472. The SMILES string of the molecule is CC(=O)c1nn(CC(=O)N2C[C@@]3(F)CNC(=O)C(C)(C)CCCCOCc4ccc(Br)nc4CC(=O)[C@@H]2C3)c2ccc(-c3cnc(C)nc3)cc12.CC(=O)c1nn(CC(=O)N2C[C@@]3(F)CNC(=O)CCCCCOCc4ccc(Br)nc4CC(=O)[C@@H]2C3)c2ccc(-c3cnc(C)nc3)cc12.CC(=O)c1nn(CC(=O)N2[C@H]3C[C@@]4(CNC(=O)C(C)(C)CCCCCc5ccc(Br)nc5CC3=O)C[C@@H]24)c2cnc(-c3cnc(C)nc3)cc12. The summed E-state index contributed by atoms with van der Waals surface area (Å²) in [5.41, 5.74) is 4.94. The second kappa shape index (κ2) is 45.5. The predicted octanol–water partition coefficient (Wildman–Crippen LogP) is 14.6. The highest BCUT2D eigenvalue weighted by Gasteiger charge is 2.67. The molecule has 7 aliphatic rings. The zero-order valence-electron chi connectivity index (χ0n) is 85.4. The molecule has 2 aromatic carbocycles. The van der Waals surface area contributed by atoms with Gasteiger partial charge in [0.2, 0.25) is 35.4 Å². The van der Waals surface area contributed by atoms with E-state index in [1.165, 1.54) is 44.6 Å². The Kier molecular flexibility index (Phi) is 32.8. The summed E-state index contributed by atoms with van der Waals surface area (Å²) in [6, 6.07) is 20.6. The molecule has 12 aromatic rings. The van der Waals surface area contributed by atoms with Crippen molar-refractivity contribution in [1.82, 2.24) is 110 Å². The van der Waals surface area contributed by atoms with Gasteiger partial charge in [-0.15, -0.1) is 0 Å². The first-order chi connectivity index (χ1) is 71.6. The molecular formula is C109H119Br3F2N22O14. The molecule has 1 saturated carbocycles. The normalized spacial score (nSPS) is 22.1. The highest BCUT2D eigenvalue weighted by molar-refractivity contribution is 9.11. The molecular weight excluding hydrogens is 2120 g/mol. The summed E-state index contributed by atoms with van der Waals surface area (Å²) in [5.74, 6) is -1.71. The number of likely N-dealkylation sites (tertiary alicyclic amines) is 3. The molecule has 7 atom stereocenters. The Hall–Kier alpha value is -13.3. The standard InChI is InChI=1S/C37H41BrFN7O5.C37H41BrN8O4.C35H37BrFN7O5/c1-22(47)34-27-13-24(26-16-40-23(2)41-17-26)7-9-29(27)46(44-34)18-33(49)45-21-37(39)15-30(45)31(48)14-28-25(8-10-32(38)43-28)19-51-12-6-5-11-36(3,4)35(50)42-20-37;1-21(47)34-25-12-26(24-16-39-22(2)40-17-24)41-18-29(25)45(44-34)19-33(49)46-28-14-37(15-31(37)46)20-42-35(50)36(3,4)11-7-5-6-8-23-9-10-32(38)43-27(23)13-30(28)48;1-21(45)34-26-12-23(25-15-38-22(2)39-16-25)7-9-28(26)44(42-34)17-33(48)43-20-35(37)14-29(43)30(46)13-27-24(8-10-31(36)41-27)18-49-11-5-3-4-6-32(47)40-19-35/h7-10,13,16-17,30H,5-6,11-12,14-15,18-21H2,1-4H3,(H,42,50);9-10,12,16-18,28,31H,5-8,11,13-15,19-20H2,1-4H3,(H,42,50);7-10,12,15-16,29H,3-6,11,13-14,17-20H2,1-2H3,(H,40,47)/t30-,37-;28-,31+,37-;29-,35-/m000/s1. The van der Waals surface area contributed by atoms with Crippen LogP contribution in [0.15, 0.2) is 136 Å². The number of alkyl halides is 2. The van der Waals surface area contributed by atoms with Crippen LogP contribution in [0.4, 0.5) is 8.78 Å². The van der Waals surface area contributed by atoms with E-state index in [9.17, 15) is 57.5 Å². The first kappa shape index (κ1) is 108. The molecule has 16 heterocycles. The third-order valence-corrected chi connectivity index (χ3v) is 30.8. The first-order valence-electron chi connectivity index (χ1n) is 50.6. The lowest BCUT2D eigenvalue weighted by Crippen LogP contribution is -2.47. The van der Waals surface area contributed by atoms with Crippen LogP contribution in [0.3, 0.4) is 0 Å². The summed E-state index contributed by atoms with van der Waals surface area (Å²) in [6.07, 6.45) is 21.0. The van der Waals surface area contributed by atoms with Gasteiger partial charge in [-0.3, -0.25) is 76.6 Å². The summed E-state index contributed by atoms with van der Waals surface area (Å²) in [7, 11) is 0. The second-order valence-corrected chi connectivity index (χ2v) is 44.1. The minimum Gasteiger partial charge on any atom is -0.377 e. The number of benzene rings is 2. The van der Waals surface area contributed by atoms with E-state index >= 15 is 8.78 Å². The number of ketones is 6. The van der Waals surface area contributed by atoms with Crippen LogP contribution in [-0.4, -0.2) is 245 Å². The third-order valence-electron chi connectivity index (χ3n) is 29.5. The van der Waals surface area contributed by atoms with E-state index in [0.717, 1.165) is 102 Å². The van der Waals surface area contributed by atoms with Crippen LogP contribution in [0, 0.1) is 37.0 Å². The number of nitrogens with one attached hydrogen (secondary N) is 3. The van der Waals surface area contributed by atoms with Gasteiger partial charge in [0, 0.05) is 152 Å². The van der Waals surface area contributed by atoms with Crippen LogP contribution in [0.2, 0.25) is 0 Å². The molecule has 1 spiro atoms. The van der Waals surface area contributed by atoms with E-state index in [1.807, 2.05) is 64.1 Å². The lowest BCUT2D eigenvalue weighted by atomic mass is 9.85. The second-order valence-electron chi connectivity index (χ2n) is 41.7. The Bertz CT molecular complexity index is 7290. The Labute approximate surface area is 890 Å². The highest BCUT2D eigenvalue weighted by Crippen LogP contribution is 2.60. The summed E-state index contributed by atoms with van der Waals surface area (Å²) in [4.78, 5) is 210. The average Bonchev–Trinajstić information content (AvgIpc) is 1.53. The number of carbonyl (C=O) groups excluding carboxylic acids is 12. The van der Waals surface area contributed by atoms with Crippen molar-refractivity contribution in [2.45, 2.75) is 260 Å². The molecule has 150 heavy (non-hydrogen) atoms. The Morgan fingerprint density at radius 1 is 0.413 bits per heavy atom. The molecule has 41 heteroatoms. The van der Waals surface area contributed by atoms with Gasteiger partial charge in [-0.05, 0) is 203 Å². The Morgan fingerprint density at radius 2 is 0.813 bits per heavy atom. The van der Waals surface area contributed by atoms with Crippen molar-refractivity contribution in [3.05, 3.63) is 204 Å². The predicted molar refractivity (Wildman–Crippen MR) is 561 cm³/mol. The first-order valence-corrected chi connectivity index (χ1v) is 53.0. The van der Waals surface area contributed by atoms with E-state index in [1.54, 1.807) is 112 Å². The van der Waals surface area contributed by atoms with Crippen LogP contribution in [0.25, 0.3) is 66.2 Å². The largest absolute Gasteiger partial charge is 0.377 e. The van der Waals surface area contributed by atoms with Crippen molar-refractivity contribution in [2.75, 3.05) is 45.9 Å². The number of aromatic nitrogens is 16. The topological polar surface area (TPSA) is 451 Å². The zero-order chi connectivity index (χ0) is 107. The Morgan fingerprint density at radius 3 is 1.29 bits per heavy atom. The number of hydrogen-bond acceptors (Lipinski definition) is 27. The van der Waals surface area contributed by atoms with Gasteiger partial charge in [-0.2, -0.15) is 15.3 Å². The van der Waals surface area contributed by atoms with Crippen LogP contribution in [0.5, 0.6) is 0 Å². The van der Waals surface area contributed by atoms with Gasteiger partial charge in [0.1, 0.15) is 79.3 Å². The molecule has 10 aromatic heterocycles. The summed E-state index contributed by atoms with van der Waals surface area (Å²) in [6.45, 7) is 16.7. The average molecular weight is 2240 g/mol. The lowest BCUT2D eigenvalue weighted by Gasteiger charge is -2.27. The molecule has 6 amide bonds. The van der Waals surface area contributed by atoms with Crippen molar-refractivity contribution in [1.29, 1.82) is 0 Å². The number of aryl methyl sites for hydroxylation is 4. The number of fused-ring (bicyclic) bond motifs is 11. The number of nitrogens with zero attached hydrogens (tertiary/aromatic N) is 19. The van der Waals surface area contributed by atoms with E-state index < -0.39 is 58.7 Å². The van der Waals surface area contributed by atoms with Gasteiger partial charge in [0.05, 0.1) is 122 Å². The van der Waals surface area contributed by atoms with Crippen LogP contribution in [0.1, 0.15) is 227 Å². The van der Waals surface area contributed by atoms with Gasteiger partial charge >= 0.3 is 0 Å². The highest BCUT2D eigenvalue weighted by atomic mass is 79.9. The van der Waals surface area contributed by atoms with Crippen molar-refractivity contribution < 1.29 is 75.8 Å².